The van der Waals surface area contributed by atoms with Crippen LogP contribution in [0.3, 0.4) is 0 Å². The first-order chi connectivity index (χ1) is 14.1. The van der Waals surface area contributed by atoms with Gasteiger partial charge >= 0.3 is 0 Å². The highest BCUT2D eigenvalue weighted by Gasteiger charge is 2.45. The van der Waals surface area contributed by atoms with Gasteiger partial charge < -0.3 is 14.9 Å². The van der Waals surface area contributed by atoms with Gasteiger partial charge in [0.25, 0.3) is 0 Å². The fourth-order valence-corrected chi connectivity index (χ4v) is 5.23. The van der Waals surface area contributed by atoms with Gasteiger partial charge in [-0.05, 0) is 72.2 Å². The molecule has 0 saturated carbocycles. The monoisotopic (exact) mass is 384 g/mol. The molecule has 1 spiro atoms. The zero-order valence-corrected chi connectivity index (χ0v) is 16.5. The van der Waals surface area contributed by atoms with Gasteiger partial charge in [-0.1, -0.05) is 42.5 Å². The normalized spacial score (nSPS) is 21.6. The van der Waals surface area contributed by atoms with Crippen LogP contribution < -0.4 is 0 Å². The van der Waals surface area contributed by atoms with E-state index in [0.717, 1.165) is 48.1 Å². The number of rotatable bonds is 2. The van der Waals surface area contributed by atoms with Crippen molar-refractivity contribution in [2.24, 2.45) is 5.41 Å². The maximum atomic E-state index is 10.0. The number of phenolic OH excluding ortho intramolecular Hbond substituents is 2. The minimum atomic E-state index is -0.0821. The molecule has 146 valence electrons. The molecule has 3 aromatic rings. The number of allylic oxidation sites excluding steroid dienone is 1. The highest BCUT2D eigenvalue weighted by atomic mass is 16.5. The van der Waals surface area contributed by atoms with E-state index in [2.05, 4.69) is 18.2 Å². The second-order valence-corrected chi connectivity index (χ2v) is 8.20. The van der Waals surface area contributed by atoms with Crippen molar-refractivity contribution in [1.29, 1.82) is 0 Å². The van der Waals surface area contributed by atoms with Gasteiger partial charge in [-0.25, -0.2) is 0 Å². The Hall–Kier alpha value is -3.20. The van der Waals surface area contributed by atoms with E-state index in [9.17, 15) is 10.2 Å². The molecule has 2 aliphatic rings. The van der Waals surface area contributed by atoms with Gasteiger partial charge in [0, 0.05) is 16.6 Å². The summed E-state index contributed by atoms with van der Waals surface area (Å²) in [6.07, 6.45) is 3.71. The Morgan fingerprint density at radius 1 is 0.828 bits per heavy atom. The molecule has 5 rings (SSSR count). The number of hydrogen-bond acceptors (Lipinski definition) is 3. The quantitative estimate of drug-likeness (QED) is 0.586. The summed E-state index contributed by atoms with van der Waals surface area (Å²) >= 11 is 0. The third-order valence-corrected chi connectivity index (χ3v) is 6.48. The molecular weight excluding hydrogens is 360 g/mol. The molecule has 0 radical (unpaired) electrons. The van der Waals surface area contributed by atoms with Gasteiger partial charge in [0.15, 0.2) is 0 Å². The molecule has 1 unspecified atom stereocenters. The summed E-state index contributed by atoms with van der Waals surface area (Å²) in [5, 5.41) is 20.0. The van der Waals surface area contributed by atoms with Crippen LogP contribution in [0.4, 0.5) is 0 Å². The lowest BCUT2D eigenvalue weighted by molar-refractivity contribution is 0.342. The molecule has 3 aromatic carbocycles. The largest absolute Gasteiger partial charge is 0.508 e. The summed E-state index contributed by atoms with van der Waals surface area (Å²) in [5.41, 5.74) is 7.02. The lowest BCUT2D eigenvalue weighted by Crippen LogP contribution is -2.30. The first-order valence-electron chi connectivity index (χ1n) is 10.1. The molecule has 3 nitrogen and oxygen atoms in total. The lowest BCUT2D eigenvalue weighted by atomic mass is 9.65. The Bertz CT molecular complexity index is 1110. The van der Waals surface area contributed by atoms with Gasteiger partial charge in [0.2, 0.25) is 0 Å². The smallest absolute Gasteiger partial charge is 0.130 e. The maximum absolute atomic E-state index is 10.0. The molecule has 0 saturated heterocycles. The van der Waals surface area contributed by atoms with Gasteiger partial charge in [-0.15, -0.1) is 0 Å². The second-order valence-electron chi connectivity index (χ2n) is 8.20. The molecule has 29 heavy (non-hydrogen) atoms. The van der Waals surface area contributed by atoms with E-state index >= 15 is 0 Å². The van der Waals surface area contributed by atoms with Crippen molar-refractivity contribution in [3.63, 3.8) is 0 Å². The van der Waals surface area contributed by atoms with Crippen molar-refractivity contribution >= 4 is 11.3 Å². The van der Waals surface area contributed by atoms with Crippen LogP contribution in [0.25, 0.3) is 11.3 Å². The molecule has 2 N–H and O–H groups in total. The van der Waals surface area contributed by atoms with E-state index in [-0.39, 0.29) is 5.41 Å². The number of ether oxygens (including phenoxy) is 1. The Morgan fingerprint density at radius 3 is 2.28 bits per heavy atom. The summed E-state index contributed by atoms with van der Waals surface area (Å²) in [5.74, 6) is 1.52. The number of aromatic hydroxyl groups is 2. The van der Waals surface area contributed by atoms with Crippen LogP contribution in [0.1, 0.15) is 34.2 Å². The Labute approximate surface area is 170 Å². The first-order valence-corrected chi connectivity index (χ1v) is 10.1. The molecule has 2 aliphatic carbocycles. The van der Waals surface area contributed by atoms with Crippen molar-refractivity contribution < 1.29 is 14.9 Å². The molecule has 0 bridgehead atoms. The third-order valence-electron chi connectivity index (χ3n) is 6.48. The number of benzene rings is 3. The maximum Gasteiger partial charge on any atom is 0.130 e. The summed E-state index contributed by atoms with van der Waals surface area (Å²) in [7, 11) is 1.74. The molecule has 0 amide bonds. The third kappa shape index (κ3) is 2.89. The highest BCUT2D eigenvalue weighted by molar-refractivity contribution is 5.93. The molecule has 0 aliphatic heterocycles. The minimum Gasteiger partial charge on any atom is -0.508 e. The first kappa shape index (κ1) is 17.9. The molecular formula is C26H24O3. The molecule has 0 fully saturated rings. The Kier molecular flexibility index (Phi) is 4.13. The van der Waals surface area contributed by atoms with Crippen molar-refractivity contribution in [2.75, 3.05) is 7.11 Å². The van der Waals surface area contributed by atoms with Crippen molar-refractivity contribution in [3.05, 3.63) is 94.5 Å². The summed E-state index contributed by atoms with van der Waals surface area (Å²) in [6.45, 7) is 0. The average Bonchev–Trinajstić information content (AvgIpc) is 3.09. The van der Waals surface area contributed by atoms with Gasteiger partial charge in [0.1, 0.15) is 17.3 Å². The standard InChI is InChI=1S/C26H24O3/c1-29-25(17-5-3-2-4-6-17)24-23-10-9-22(28)13-18(23)11-12-26(24)15-19-7-8-21(27)14-20(19)16-26/h2-10,13-14,27-28H,11-12,15-16H2,1H3. The number of fused-ring (bicyclic) bond motifs is 2. The average molecular weight is 384 g/mol. The number of methoxy groups -OCH3 is 1. The fourth-order valence-electron chi connectivity index (χ4n) is 5.23. The number of aryl methyl sites for hydroxylation is 1. The predicted molar refractivity (Wildman–Crippen MR) is 115 cm³/mol. The molecule has 0 aromatic heterocycles. The molecule has 0 heterocycles. The molecule has 1 atom stereocenters. The van der Waals surface area contributed by atoms with Crippen molar-refractivity contribution in [2.45, 2.75) is 25.7 Å². The van der Waals surface area contributed by atoms with Crippen LogP contribution in [-0.2, 0) is 24.0 Å². The number of hydrogen-bond donors (Lipinski definition) is 2. The van der Waals surface area contributed by atoms with Crippen LogP contribution >= 0.6 is 0 Å². The topological polar surface area (TPSA) is 49.7 Å². The zero-order chi connectivity index (χ0) is 20.0. The van der Waals surface area contributed by atoms with E-state index in [1.54, 1.807) is 19.2 Å². The minimum absolute atomic E-state index is 0.0821. The van der Waals surface area contributed by atoms with Crippen LogP contribution in [0.15, 0.2) is 66.7 Å². The summed E-state index contributed by atoms with van der Waals surface area (Å²) in [6, 6.07) is 21.7. The number of phenols is 2. The van der Waals surface area contributed by atoms with Crippen molar-refractivity contribution in [3.8, 4) is 11.5 Å². The van der Waals surface area contributed by atoms with Crippen molar-refractivity contribution in [1.82, 2.24) is 0 Å². The van der Waals surface area contributed by atoms with Gasteiger partial charge in [0.05, 0.1) is 7.11 Å². The van der Waals surface area contributed by atoms with E-state index < -0.39 is 0 Å². The lowest BCUT2D eigenvalue weighted by Gasteiger charge is -2.39. The van der Waals surface area contributed by atoms with Crippen LogP contribution in [0.2, 0.25) is 0 Å². The zero-order valence-electron chi connectivity index (χ0n) is 16.5. The molecule has 3 heteroatoms. The highest BCUT2D eigenvalue weighted by Crippen LogP contribution is 2.56. The summed E-state index contributed by atoms with van der Waals surface area (Å²) < 4.78 is 6.04. The Morgan fingerprint density at radius 2 is 1.52 bits per heavy atom. The van der Waals surface area contributed by atoms with Crippen LogP contribution in [-0.4, -0.2) is 17.3 Å². The Balaban J connectivity index is 1.76. The SMILES string of the molecule is COC(=C1c2ccc(O)cc2CCC12Cc1ccc(O)cc1C2)c1ccccc1. The van der Waals surface area contributed by atoms with E-state index in [4.69, 9.17) is 4.74 Å². The van der Waals surface area contributed by atoms with E-state index in [0.29, 0.717) is 11.5 Å². The van der Waals surface area contributed by atoms with Crippen LogP contribution in [0, 0.1) is 5.41 Å². The second kappa shape index (κ2) is 6.70. The van der Waals surface area contributed by atoms with Gasteiger partial charge in [-0.2, -0.15) is 0 Å². The summed E-state index contributed by atoms with van der Waals surface area (Å²) in [4.78, 5) is 0. The van der Waals surface area contributed by atoms with Gasteiger partial charge in [-0.3, -0.25) is 0 Å². The fraction of sp³-hybridized carbons (Fsp3) is 0.231. The van der Waals surface area contributed by atoms with E-state index in [1.165, 1.54) is 16.7 Å². The predicted octanol–water partition coefficient (Wildman–Crippen LogP) is 5.34. The van der Waals surface area contributed by atoms with Crippen LogP contribution in [0.5, 0.6) is 11.5 Å². The van der Waals surface area contributed by atoms with E-state index in [1.807, 2.05) is 36.4 Å².